The number of hydrogen-bond donors (Lipinski definition) is 0. The number of rotatable bonds is 69. The predicted octanol–water partition coefficient (Wildman–Crippen LogP) is 25.2. The highest BCUT2D eigenvalue weighted by atomic mass is 31.2. The summed E-state index contributed by atoms with van der Waals surface area (Å²) in [6.45, 7) is 4.01. The molecule has 0 aliphatic rings. The van der Waals surface area contributed by atoms with E-state index < -0.39 is 26.5 Å². The van der Waals surface area contributed by atoms with Crippen LogP contribution in [0, 0.1) is 0 Å². The number of nitrogens with zero attached hydrogens (tertiary/aromatic N) is 1. The Hall–Kier alpha value is -4.89. The number of carbonyl (C=O) groups is 2. The summed E-state index contributed by atoms with van der Waals surface area (Å²) in [5.41, 5.74) is 0. The zero-order valence-electron chi connectivity index (χ0n) is 62.0. The van der Waals surface area contributed by atoms with Gasteiger partial charge in [0.05, 0.1) is 27.7 Å². The second-order valence-corrected chi connectivity index (χ2v) is 27.7. The minimum Gasteiger partial charge on any atom is -0.756 e. The summed E-state index contributed by atoms with van der Waals surface area (Å²) in [5.74, 6) is -0.844. The molecule has 2 unspecified atom stereocenters. The van der Waals surface area contributed by atoms with Gasteiger partial charge in [-0.05, 0) is 135 Å². The molecule has 0 aliphatic carbocycles. The molecular formula is C86H142NO8P. The maximum absolute atomic E-state index is 12.9. The van der Waals surface area contributed by atoms with Gasteiger partial charge < -0.3 is 27.9 Å². The van der Waals surface area contributed by atoms with Crippen LogP contribution in [0.15, 0.2) is 182 Å². The van der Waals surface area contributed by atoms with E-state index >= 15 is 0 Å². The minimum atomic E-state index is -4.66. The molecule has 0 spiro atoms. The predicted molar refractivity (Wildman–Crippen MR) is 415 cm³/mol. The van der Waals surface area contributed by atoms with E-state index in [-0.39, 0.29) is 32.0 Å². The molecule has 10 heteroatoms. The molecule has 0 aliphatic heterocycles. The molecule has 0 rings (SSSR count). The lowest BCUT2D eigenvalue weighted by atomic mass is 10.0. The molecule has 0 saturated heterocycles. The highest BCUT2D eigenvalue weighted by molar-refractivity contribution is 7.45. The Kier molecular flexibility index (Phi) is 70.5. The number of hydrogen-bond acceptors (Lipinski definition) is 8. The van der Waals surface area contributed by atoms with Crippen molar-refractivity contribution in [1.29, 1.82) is 0 Å². The molecule has 0 aromatic heterocycles. The molecule has 0 aromatic rings. The molecule has 2 atom stereocenters. The molecule has 9 nitrogen and oxygen atoms in total. The lowest BCUT2D eigenvalue weighted by molar-refractivity contribution is -0.870. The number of likely N-dealkylation sites (N-methyl/N-ethyl adjacent to an activating group) is 1. The Balaban J connectivity index is 4.07. The van der Waals surface area contributed by atoms with E-state index in [1.807, 2.05) is 21.1 Å². The Morgan fingerprint density at radius 2 is 0.562 bits per heavy atom. The summed E-state index contributed by atoms with van der Waals surface area (Å²) in [6.07, 6.45) is 114. The van der Waals surface area contributed by atoms with Gasteiger partial charge in [0.1, 0.15) is 19.8 Å². The third-order valence-electron chi connectivity index (χ3n) is 15.9. The van der Waals surface area contributed by atoms with Crippen LogP contribution in [0.2, 0.25) is 0 Å². The molecule has 96 heavy (non-hydrogen) atoms. The van der Waals surface area contributed by atoms with Crippen molar-refractivity contribution in [3.05, 3.63) is 182 Å². The highest BCUT2D eigenvalue weighted by Gasteiger charge is 2.22. The highest BCUT2D eigenvalue weighted by Crippen LogP contribution is 2.38. The van der Waals surface area contributed by atoms with Gasteiger partial charge in [-0.15, -0.1) is 0 Å². The smallest absolute Gasteiger partial charge is 0.306 e. The summed E-state index contributed by atoms with van der Waals surface area (Å²) in [5, 5.41) is 0. The SMILES string of the molecule is CC/C=C\C/C=C\C/C=C\C/C=C\C/C=C\C/C=C\C/C=C\C/C=C\C/C=C\CCCCCCCCCCCC(=O)OC(COC(=O)CCCCCCCCCCCCCCCCCC/C=C\C/C=C\C/C=C\C/C=C\C/C=C\C/C=C\CC)COP(=O)([O-])OCC[N+](C)(C)C. The molecular weight excluding hydrogens is 1210 g/mol. The standard InChI is InChI=1S/C86H142NO8P/c1-6-8-10-12-14-16-18-20-22-24-26-28-30-32-34-36-38-40-42-43-45-47-49-51-53-55-57-59-61-63-65-67-69-71-73-75-77-79-86(89)95-84(83-94-96(90,91)93-81-80-87(3,4)5)82-92-85(88)78-76-74-72-70-68-66-64-62-60-58-56-54-52-50-48-46-44-41-39-37-35-33-31-29-27-25-23-21-19-17-15-13-11-9-7-2/h8-11,14-17,20-23,26-29,32-35,38-41,43,45,49,51,55,57,84H,6-7,12-13,18-19,24-25,30-31,36-37,42,44,46-48,50,52-54,56,58-83H2,1-5H3/b10-8-,11-9-,16-14-,17-15-,22-20-,23-21-,28-26-,29-27-,34-32-,35-33-,40-38-,41-39-,45-43-,51-49-,57-55-. The van der Waals surface area contributed by atoms with Gasteiger partial charge in [-0.25, -0.2) is 0 Å². The van der Waals surface area contributed by atoms with Crippen molar-refractivity contribution < 1.29 is 42.1 Å². The molecule has 544 valence electrons. The number of phosphoric acid groups is 1. The molecule has 0 aromatic carbocycles. The van der Waals surface area contributed by atoms with E-state index in [9.17, 15) is 19.0 Å². The minimum absolute atomic E-state index is 0.0398. The maximum atomic E-state index is 12.9. The third kappa shape index (κ3) is 78.1. The van der Waals surface area contributed by atoms with Crippen LogP contribution in [0.5, 0.6) is 0 Å². The fourth-order valence-electron chi connectivity index (χ4n) is 10.1. The Morgan fingerprint density at radius 3 is 0.833 bits per heavy atom. The summed E-state index contributed by atoms with van der Waals surface area (Å²) in [4.78, 5) is 38.2. The molecule has 0 N–H and O–H groups in total. The topological polar surface area (TPSA) is 111 Å². The van der Waals surface area contributed by atoms with Gasteiger partial charge in [-0.1, -0.05) is 331 Å². The van der Waals surface area contributed by atoms with Crippen LogP contribution >= 0.6 is 7.82 Å². The van der Waals surface area contributed by atoms with Crippen molar-refractivity contribution in [2.24, 2.45) is 0 Å². The van der Waals surface area contributed by atoms with Gasteiger partial charge in [-0.3, -0.25) is 14.2 Å². The zero-order chi connectivity index (χ0) is 69.7. The van der Waals surface area contributed by atoms with Gasteiger partial charge >= 0.3 is 11.9 Å². The third-order valence-corrected chi connectivity index (χ3v) is 16.9. The van der Waals surface area contributed by atoms with Crippen LogP contribution in [0.1, 0.15) is 296 Å². The number of allylic oxidation sites excluding steroid dienone is 30. The molecule has 0 fully saturated rings. The first kappa shape index (κ1) is 91.1. The number of phosphoric ester groups is 1. The van der Waals surface area contributed by atoms with Crippen LogP contribution in [0.3, 0.4) is 0 Å². The van der Waals surface area contributed by atoms with E-state index in [1.165, 1.54) is 122 Å². The number of unbranched alkanes of at least 4 members (excludes halogenated alkanes) is 25. The lowest BCUT2D eigenvalue weighted by Gasteiger charge is -2.28. The quantitative estimate of drug-likeness (QED) is 0.0195. The summed E-state index contributed by atoms with van der Waals surface area (Å²) in [6, 6.07) is 0. The molecule has 0 heterocycles. The Morgan fingerprint density at radius 1 is 0.323 bits per heavy atom. The molecule has 0 saturated carbocycles. The Labute approximate surface area is 591 Å². The first-order chi connectivity index (χ1) is 47.0. The number of quaternary nitrogens is 1. The van der Waals surface area contributed by atoms with Crippen molar-refractivity contribution in [1.82, 2.24) is 0 Å². The van der Waals surface area contributed by atoms with Crippen molar-refractivity contribution in [3.8, 4) is 0 Å². The number of carbonyl (C=O) groups excluding carboxylic acids is 2. The van der Waals surface area contributed by atoms with E-state index in [2.05, 4.69) is 196 Å². The normalized spacial score (nSPS) is 14.1. The molecule has 0 amide bonds. The number of ether oxygens (including phenoxy) is 2. The van der Waals surface area contributed by atoms with Gasteiger partial charge in [0.25, 0.3) is 7.82 Å². The van der Waals surface area contributed by atoms with Crippen molar-refractivity contribution in [3.63, 3.8) is 0 Å². The van der Waals surface area contributed by atoms with Crippen LogP contribution in [-0.4, -0.2) is 70.0 Å². The zero-order valence-corrected chi connectivity index (χ0v) is 62.9. The summed E-state index contributed by atoms with van der Waals surface area (Å²) >= 11 is 0. The largest absolute Gasteiger partial charge is 0.756 e. The average molecular weight is 1350 g/mol. The second-order valence-electron chi connectivity index (χ2n) is 26.3. The van der Waals surface area contributed by atoms with Gasteiger partial charge in [0, 0.05) is 12.8 Å². The summed E-state index contributed by atoms with van der Waals surface area (Å²) in [7, 11) is 1.15. The lowest BCUT2D eigenvalue weighted by Crippen LogP contribution is -2.37. The fraction of sp³-hybridized carbons (Fsp3) is 0.628. The first-order valence-electron chi connectivity index (χ1n) is 38.5. The van der Waals surface area contributed by atoms with Gasteiger partial charge in [0.2, 0.25) is 0 Å². The van der Waals surface area contributed by atoms with Crippen molar-refractivity contribution in [2.75, 3.05) is 47.5 Å². The molecule has 0 radical (unpaired) electrons. The van der Waals surface area contributed by atoms with Crippen LogP contribution < -0.4 is 4.89 Å². The second kappa shape index (κ2) is 74.3. The van der Waals surface area contributed by atoms with Crippen LogP contribution in [-0.2, 0) is 32.7 Å². The van der Waals surface area contributed by atoms with Crippen LogP contribution in [0.25, 0.3) is 0 Å². The van der Waals surface area contributed by atoms with E-state index in [0.717, 1.165) is 141 Å². The van der Waals surface area contributed by atoms with Crippen molar-refractivity contribution in [2.45, 2.75) is 302 Å². The van der Waals surface area contributed by atoms with Gasteiger partial charge in [-0.2, -0.15) is 0 Å². The number of esters is 2. The van der Waals surface area contributed by atoms with E-state index in [4.69, 9.17) is 18.5 Å². The van der Waals surface area contributed by atoms with Gasteiger partial charge in [0.15, 0.2) is 6.10 Å². The Bertz CT molecular complexity index is 2280. The average Bonchev–Trinajstić information content (AvgIpc) is 2.72. The summed E-state index contributed by atoms with van der Waals surface area (Å²) < 4.78 is 34.4. The molecule has 0 bridgehead atoms. The first-order valence-corrected chi connectivity index (χ1v) is 40.0. The van der Waals surface area contributed by atoms with Crippen LogP contribution in [0.4, 0.5) is 0 Å². The monoisotopic (exact) mass is 1350 g/mol. The maximum Gasteiger partial charge on any atom is 0.306 e. The fourth-order valence-corrected chi connectivity index (χ4v) is 10.9. The van der Waals surface area contributed by atoms with E-state index in [0.29, 0.717) is 17.4 Å². The van der Waals surface area contributed by atoms with E-state index in [1.54, 1.807) is 0 Å². The van der Waals surface area contributed by atoms with Crippen molar-refractivity contribution >= 4 is 19.8 Å².